The number of halogens is 3. The predicted octanol–water partition coefficient (Wildman–Crippen LogP) is 6.68. The maximum Gasteiger partial charge on any atom is 0.419 e. The first-order valence-electron chi connectivity index (χ1n) is 10.5. The molecule has 0 fully saturated rings. The fourth-order valence-corrected chi connectivity index (χ4v) is 4.12. The molecule has 0 unspecified atom stereocenters. The van der Waals surface area contributed by atoms with Crippen molar-refractivity contribution in [1.29, 1.82) is 0 Å². The summed E-state index contributed by atoms with van der Waals surface area (Å²) in [6.07, 6.45) is -2.65. The van der Waals surface area contributed by atoms with E-state index in [-0.39, 0.29) is 23.8 Å². The van der Waals surface area contributed by atoms with E-state index in [0.717, 1.165) is 22.2 Å². The van der Waals surface area contributed by atoms with E-state index in [1.165, 1.54) is 29.5 Å². The van der Waals surface area contributed by atoms with Crippen LogP contribution in [0.4, 0.5) is 18.9 Å². The van der Waals surface area contributed by atoms with E-state index in [4.69, 9.17) is 4.74 Å². The lowest BCUT2D eigenvalue weighted by Gasteiger charge is -2.13. The topological polar surface area (TPSA) is 79.9 Å². The number of alkyl halides is 3. The molecule has 0 atom stereocenters. The molecule has 0 saturated carbocycles. The van der Waals surface area contributed by atoms with Gasteiger partial charge in [0.25, 0.3) is 0 Å². The summed E-state index contributed by atoms with van der Waals surface area (Å²) in [6, 6.07) is 17.0. The average molecular weight is 494 g/mol. The van der Waals surface area contributed by atoms with Gasteiger partial charge in [-0.25, -0.2) is 9.97 Å². The Balaban J connectivity index is 1.31. The van der Waals surface area contributed by atoms with Crippen LogP contribution in [0.25, 0.3) is 22.4 Å². The van der Waals surface area contributed by atoms with Crippen LogP contribution in [0.3, 0.4) is 0 Å². The molecule has 5 aromatic rings. The minimum atomic E-state index is -4.51. The molecule has 0 radical (unpaired) electrons. The highest BCUT2D eigenvalue weighted by molar-refractivity contribution is 7.09. The molecule has 0 spiro atoms. The lowest BCUT2D eigenvalue weighted by atomic mass is 10.2. The van der Waals surface area contributed by atoms with Crippen molar-refractivity contribution in [2.75, 3.05) is 5.32 Å². The number of carbonyl (C=O) groups excluding carboxylic acids is 1. The number of imidazole rings is 1. The number of hydrogen-bond acceptors (Lipinski definition) is 5. The van der Waals surface area contributed by atoms with Gasteiger partial charge in [0, 0.05) is 22.8 Å². The van der Waals surface area contributed by atoms with Crippen molar-refractivity contribution in [3.8, 4) is 22.9 Å². The first-order chi connectivity index (χ1) is 16.8. The summed E-state index contributed by atoms with van der Waals surface area (Å²) in [5.41, 5.74) is 1.95. The van der Waals surface area contributed by atoms with Crippen LogP contribution in [0.5, 0.6) is 11.5 Å². The quantitative estimate of drug-likeness (QED) is 0.276. The lowest BCUT2D eigenvalue weighted by Crippen LogP contribution is -2.14. The Kier molecular flexibility index (Phi) is 5.96. The fourth-order valence-electron chi connectivity index (χ4n) is 3.50. The van der Waals surface area contributed by atoms with Crippen molar-refractivity contribution < 1.29 is 22.7 Å². The number of para-hydroxylation sites is 1. The number of nitrogens with one attached hydrogen (secondary N) is 2. The van der Waals surface area contributed by atoms with Gasteiger partial charge in [-0.2, -0.15) is 13.2 Å². The number of benzene rings is 3. The van der Waals surface area contributed by atoms with Crippen LogP contribution < -0.4 is 10.1 Å². The van der Waals surface area contributed by atoms with E-state index < -0.39 is 11.7 Å². The summed E-state index contributed by atoms with van der Waals surface area (Å²) in [4.78, 5) is 24.1. The first-order valence-corrected chi connectivity index (χ1v) is 11.4. The number of rotatable bonds is 6. The average Bonchev–Trinajstić information content (AvgIpc) is 3.49. The van der Waals surface area contributed by atoms with Crippen molar-refractivity contribution in [3.63, 3.8) is 0 Å². The van der Waals surface area contributed by atoms with Crippen molar-refractivity contribution in [1.82, 2.24) is 15.0 Å². The van der Waals surface area contributed by atoms with Crippen LogP contribution in [-0.2, 0) is 17.4 Å². The van der Waals surface area contributed by atoms with E-state index >= 15 is 0 Å². The summed E-state index contributed by atoms with van der Waals surface area (Å²) >= 11 is 1.42. The molecule has 3 aromatic carbocycles. The van der Waals surface area contributed by atoms with Gasteiger partial charge in [0.15, 0.2) is 0 Å². The highest BCUT2D eigenvalue weighted by atomic mass is 32.1. The molecular weight excluding hydrogens is 477 g/mol. The number of anilines is 1. The van der Waals surface area contributed by atoms with Crippen molar-refractivity contribution in [3.05, 3.63) is 88.9 Å². The third kappa shape index (κ3) is 5.17. The zero-order valence-corrected chi connectivity index (χ0v) is 18.8. The van der Waals surface area contributed by atoms with E-state index in [1.807, 2.05) is 5.38 Å². The number of nitrogens with zero attached hydrogens (tertiary/aromatic N) is 2. The van der Waals surface area contributed by atoms with Crippen LogP contribution in [0.1, 0.15) is 10.6 Å². The highest BCUT2D eigenvalue weighted by Crippen LogP contribution is 2.38. The molecule has 0 bridgehead atoms. The molecule has 0 aliphatic rings. The van der Waals surface area contributed by atoms with Gasteiger partial charge >= 0.3 is 6.18 Å². The van der Waals surface area contributed by atoms with Crippen LogP contribution in [0.15, 0.2) is 78.3 Å². The molecule has 2 N–H and O–H groups in total. The number of aromatic nitrogens is 3. The summed E-state index contributed by atoms with van der Waals surface area (Å²) < 4.78 is 45.1. The standard InChI is InChI=1S/C25H17F3N4O2S/c26-25(27,28)18-3-1-2-4-21(18)34-17-8-5-15(6-9-17)24-31-19-10-7-16(13-20(19)32-24)30-22(33)14-23-29-11-12-35-23/h1-13H,14H2,(H,30,33)(H,31,32). The Bertz CT molecular complexity index is 1480. The minimum Gasteiger partial charge on any atom is -0.457 e. The maximum absolute atomic E-state index is 13.2. The molecule has 2 aromatic heterocycles. The van der Waals surface area contributed by atoms with Gasteiger partial charge in [-0.05, 0) is 54.6 Å². The first kappa shape index (κ1) is 22.6. The van der Waals surface area contributed by atoms with Gasteiger partial charge in [0.1, 0.15) is 22.3 Å². The largest absolute Gasteiger partial charge is 0.457 e. The van der Waals surface area contributed by atoms with Gasteiger partial charge in [-0.1, -0.05) is 12.1 Å². The Morgan fingerprint density at radius 3 is 2.60 bits per heavy atom. The number of hydrogen-bond donors (Lipinski definition) is 2. The number of ether oxygens (including phenoxy) is 1. The molecule has 0 aliphatic heterocycles. The van der Waals surface area contributed by atoms with Crippen LogP contribution in [0, 0.1) is 0 Å². The Hall–Kier alpha value is -4.18. The zero-order valence-electron chi connectivity index (χ0n) is 18.0. The van der Waals surface area contributed by atoms with Crippen molar-refractivity contribution in [2.24, 2.45) is 0 Å². The van der Waals surface area contributed by atoms with E-state index in [2.05, 4.69) is 20.3 Å². The van der Waals surface area contributed by atoms with Crippen LogP contribution >= 0.6 is 11.3 Å². The normalized spacial score (nSPS) is 11.5. The summed E-state index contributed by atoms with van der Waals surface area (Å²) in [6.45, 7) is 0. The second-order valence-electron chi connectivity index (χ2n) is 7.59. The molecule has 0 saturated heterocycles. The van der Waals surface area contributed by atoms with Gasteiger partial charge in [-0.3, -0.25) is 4.79 Å². The molecule has 1 amide bonds. The number of aromatic amines is 1. The maximum atomic E-state index is 13.2. The minimum absolute atomic E-state index is 0.165. The second-order valence-corrected chi connectivity index (χ2v) is 8.57. The molecule has 0 aliphatic carbocycles. The number of H-pyrrole nitrogens is 1. The van der Waals surface area contributed by atoms with Gasteiger partial charge < -0.3 is 15.0 Å². The molecular formula is C25H17F3N4O2S. The monoisotopic (exact) mass is 494 g/mol. The summed E-state index contributed by atoms with van der Waals surface area (Å²) in [5, 5.41) is 5.41. The van der Waals surface area contributed by atoms with E-state index in [1.54, 1.807) is 48.7 Å². The molecule has 10 heteroatoms. The Morgan fingerprint density at radius 1 is 1.06 bits per heavy atom. The predicted molar refractivity (Wildman–Crippen MR) is 127 cm³/mol. The number of thiazole rings is 1. The van der Waals surface area contributed by atoms with Crippen LogP contribution in [0.2, 0.25) is 0 Å². The van der Waals surface area contributed by atoms with E-state index in [9.17, 15) is 18.0 Å². The highest BCUT2D eigenvalue weighted by Gasteiger charge is 2.34. The third-order valence-electron chi connectivity index (χ3n) is 5.11. The third-order valence-corrected chi connectivity index (χ3v) is 5.89. The zero-order chi connectivity index (χ0) is 24.4. The molecule has 2 heterocycles. The summed E-state index contributed by atoms with van der Waals surface area (Å²) in [7, 11) is 0. The molecule has 35 heavy (non-hydrogen) atoms. The SMILES string of the molecule is O=C(Cc1nccs1)Nc1ccc2nc(-c3ccc(Oc4ccccc4C(F)(F)F)cc3)[nH]c2c1. The van der Waals surface area contributed by atoms with Gasteiger partial charge in [0.05, 0.1) is 23.0 Å². The summed E-state index contributed by atoms with van der Waals surface area (Å²) in [5.74, 6) is 0.419. The molecule has 176 valence electrons. The lowest BCUT2D eigenvalue weighted by molar-refractivity contribution is -0.138. The van der Waals surface area contributed by atoms with Crippen molar-refractivity contribution in [2.45, 2.75) is 12.6 Å². The molecule has 5 rings (SSSR count). The number of carbonyl (C=O) groups is 1. The fraction of sp³-hybridized carbons (Fsp3) is 0.0800. The number of fused-ring (bicyclic) bond motifs is 1. The smallest absolute Gasteiger partial charge is 0.419 e. The van der Waals surface area contributed by atoms with Gasteiger partial charge in [0.2, 0.25) is 5.91 Å². The Labute approximate surface area is 201 Å². The number of amides is 1. The van der Waals surface area contributed by atoms with E-state index in [0.29, 0.717) is 17.0 Å². The Morgan fingerprint density at radius 2 is 1.86 bits per heavy atom. The molecule has 6 nitrogen and oxygen atoms in total. The second kappa shape index (κ2) is 9.22. The van der Waals surface area contributed by atoms with Crippen LogP contribution in [-0.4, -0.2) is 20.9 Å². The van der Waals surface area contributed by atoms with Gasteiger partial charge in [-0.15, -0.1) is 11.3 Å². The van der Waals surface area contributed by atoms with Crippen molar-refractivity contribution >= 4 is 34.0 Å².